The smallest absolute Gasteiger partial charge is 0.338 e. The van der Waals surface area contributed by atoms with Gasteiger partial charge in [-0.15, -0.1) is 0 Å². The van der Waals surface area contributed by atoms with Crippen molar-refractivity contribution < 1.29 is 28.3 Å². The highest BCUT2D eigenvalue weighted by Crippen LogP contribution is 2.29. The maximum atomic E-state index is 13.4. The third-order valence-corrected chi connectivity index (χ3v) is 5.40. The van der Waals surface area contributed by atoms with E-state index in [-0.39, 0.29) is 37.3 Å². The maximum absolute atomic E-state index is 13.4. The zero-order valence-corrected chi connectivity index (χ0v) is 19.8. The number of hydrogen-bond acceptors (Lipinski definition) is 5. The van der Waals surface area contributed by atoms with Gasteiger partial charge in [0.2, 0.25) is 11.8 Å². The fourth-order valence-corrected chi connectivity index (χ4v) is 3.81. The molecule has 1 aliphatic heterocycles. The number of ether oxygens (including phenoxy) is 1. The maximum Gasteiger partial charge on any atom is 0.338 e. The van der Waals surface area contributed by atoms with Gasteiger partial charge < -0.3 is 9.64 Å². The predicted molar refractivity (Wildman–Crippen MR) is 124 cm³/mol. The molecule has 34 heavy (non-hydrogen) atoms. The number of amides is 3. The van der Waals surface area contributed by atoms with Crippen LogP contribution in [0, 0.1) is 11.2 Å². The van der Waals surface area contributed by atoms with Crippen LogP contribution in [-0.4, -0.2) is 41.2 Å². The van der Waals surface area contributed by atoms with Crippen LogP contribution in [0.5, 0.6) is 0 Å². The van der Waals surface area contributed by atoms with E-state index >= 15 is 0 Å². The van der Waals surface area contributed by atoms with Crippen molar-refractivity contribution in [2.45, 2.75) is 53.1 Å². The Morgan fingerprint density at radius 3 is 2.24 bits per heavy atom. The molecule has 0 N–H and O–H groups in total. The zero-order valence-electron chi connectivity index (χ0n) is 19.8. The van der Waals surface area contributed by atoms with Crippen molar-refractivity contribution in [2.24, 2.45) is 5.41 Å². The summed E-state index contributed by atoms with van der Waals surface area (Å²) in [6.07, 6.45) is 0.0238. The molecule has 8 heteroatoms. The van der Waals surface area contributed by atoms with Crippen LogP contribution < -0.4 is 4.90 Å². The van der Waals surface area contributed by atoms with Crippen molar-refractivity contribution in [2.75, 3.05) is 11.5 Å². The van der Waals surface area contributed by atoms with Crippen LogP contribution in [0.4, 0.5) is 10.1 Å². The Balaban J connectivity index is 1.87. The SMILES string of the molecule is CCOC(=O)c1ccc(N2C(=O)CC(N(Cc3ccc(F)cc3)C(=O)CC(C)(C)C)C2=O)cc1. The van der Waals surface area contributed by atoms with Gasteiger partial charge in [0.25, 0.3) is 5.91 Å². The third-order valence-electron chi connectivity index (χ3n) is 5.40. The molecule has 1 fully saturated rings. The van der Waals surface area contributed by atoms with Gasteiger partial charge in [0.05, 0.1) is 24.3 Å². The molecule has 3 rings (SSSR count). The number of carbonyl (C=O) groups is 4. The first-order valence-corrected chi connectivity index (χ1v) is 11.2. The Hall–Kier alpha value is -3.55. The fraction of sp³-hybridized carbons (Fsp3) is 0.385. The highest BCUT2D eigenvalue weighted by atomic mass is 19.1. The molecule has 0 bridgehead atoms. The van der Waals surface area contributed by atoms with Crippen LogP contribution in [0.1, 0.15) is 56.5 Å². The van der Waals surface area contributed by atoms with Gasteiger partial charge in [0, 0.05) is 13.0 Å². The summed E-state index contributed by atoms with van der Waals surface area (Å²) in [6.45, 7) is 7.76. The molecule has 1 aliphatic rings. The lowest BCUT2D eigenvalue weighted by Gasteiger charge is -2.30. The second-order valence-corrected chi connectivity index (χ2v) is 9.44. The molecule has 0 aliphatic carbocycles. The lowest BCUT2D eigenvalue weighted by Crippen LogP contribution is -2.46. The lowest BCUT2D eigenvalue weighted by molar-refractivity contribution is -0.140. The summed E-state index contributed by atoms with van der Waals surface area (Å²) in [5.41, 5.74) is 0.947. The van der Waals surface area contributed by atoms with E-state index in [0.717, 1.165) is 4.90 Å². The Morgan fingerprint density at radius 2 is 1.68 bits per heavy atom. The van der Waals surface area contributed by atoms with Gasteiger partial charge in [-0.2, -0.15) is 0 Å². The summed E-state index contributed by atoms with van der Waals surface area (Å²) in [4.78, 5) is 53.8. The molecular weight excluding hydrogens is 439 g/mol. The number of anilines is 1. The Labute approximate surface area is 198 Å². The van der Waals surface area contributed by atoms with Crippen molar-refractivity contribution in [3.8, 4) is 0 Å². The third kappa shape index (κ3) is 5.87. The summed E-state index contributed by atoms with van der Waals surface area (Å²) in [7, 11) is 0. The fourth-order valence-electron chi connectivity index (χ4n) is 3.81. The molecule has 0 spiro atoms. The van der Waals surface area contributed by atoms with Gasteiger partial charge in [0.15, 0.2) is 0 Å². The van der Waals surface area contributed by atoms with Crippen molar-refractivity contribution in [3.63, 3.8) is 0 Å². The van der Waals surface area contributed by atoms with E-state index in [1.807, 2.05) is 20.8 Å². The molecule has 2 aromatic carbocycles. The average Bonchev–Trinajstić information content (AvgIpc) is 3.06. The van der Waals surface area contributed by atoms with E-state index in [9.17, 15) is 23.6 Å². The normalized spacial score (nSPS) is 16.0. The van der Waals surface area contributed by atoms with E-state index in [0.29, 0.717) is 16.8 Å². The van der Waals surface area contributed by atoms with Crippen molar-refractivity contribution in [1.82, 2.24) is 4.90 Å². The zero-order chi connectivity index (χ0) is 25.0. The van der Waals surface area contributed by atoms with E-state index < -0.39 is 29.6 Å². The molecule has 1 unspecified atom stereocenters. The molecule has 0 aromatic heterocycles. The molecule has 3 amide bonds. The average molecular weight is 469 g/mol. The summed E-state index contributed by atoms with van der Waals surface area (Å²) >= 11 is 0. The van der Waals surface area contributed by atoms with Gasteiger partial charge in [-0.1, -0.05) is 32.9 Å². The van der Waals surface area contributed by atoms with Gasteiger partial charge >= 0.3 is 5.97 Å². The summed E-state index contributed by atoms with van der Waals surface area (Å²) in [5, 5.41) is 0. The minimum atomic E-state index is -0.975. The lowest BCUT2D eigenvalue weighted by atomic mass is 9.91. The topological polar surface area (TPSA) is 84.0 Å². The largest absolute Gasteiger partial charge is 0.462 e. The van der Waals surface area contributed by atoms with Crippen LogP contribution in [-0.2, 0) is 25.7 Å². The van der Waals surface area contributed by atoms with Gasteiger partial charge in [-0.25, -0.2) is 14.1 Å². The number of rotatable bonds is 7. The second kappa shape index (κ2) is 10.2. The summed E-state index contributed by atoms with van der Waals surface area (Å²) < 4.78 is 18.3. The standard InChI is InChI=1S/C26H29FN2O5/c1-5-34-25(33)18-8-12-20(13-9-18)29-22(30)14-21(24(29)32)28(23(31)15-26(2,3)4)16-17-6-10-19(27)11-7-17/h6-13,21H,5,14-16H2,1-4H3. The van der Waals surface area contributed by atoms with Gasteiger partial charge in [0.1, 0.15) is 11.9 Å². The Morgan fingerprint density at radius 1 is 1.06 bits per heavy atom. The first kappa shape index (κ1) is 25.1. The number of carbonyl (C=O) groups excluding carboxylic acids is 4. The molecule has 180 valence electrons. The molecule has 0 saturated carbocycles. The predicted octanol–water partition coefficient (Wildman–Crippen LogP) is 4.10. The minimum Gasteiger partial charge on any atom is -0.462 e. The van der Waals surface area contributed by atoms with E-state index in [1.54, 1.807) is 19.1 Å². The van der Waals surface area contributed by atoms with Crippen LogP contribution in [0.2, 0.25) is 0 Å². The highest BCUT2D eigenvalue weighted by Gasteiger charge is 2.44. The van der Waals surface area contributed by atoms with E-state index in [4.69, 9.17) is 4.74 Å². The minimum absolute atomic E-state index is 0.0779. The van der Waals surface area contributed by atoms with Crippen molar-refractivity contribution >= 4 is 29.4 Å². The second-order valence-electron chi connectivity index (χ2n) is 9.44. The van der Waals surface area contributed by atoms with Crippen molar-refractivity contribution in [3.05, 3.63) is 65.5 Å². The van der Waals surface area contributed by atoms with Gasteiger partial charge in [-0.3, -0.25) is 14.4 Å². The number of halogens is 1. The van der Waals surface area contributed by atoms with Crippen LogP contribution >= 0.6 is 0 Å². The van der Waals surface area contributed by atoms with E-state index in [1.165, 1.54) is 41.3 Å². The molecule has 2 aromatic rings. The van der Waals surface area contributed by atoms with Crippen LogP contribution in [0.3, 0.4) is 0 Å². The quantitative estimate of drug-likeness (QED) is 0.451. The Kier molecular flexibility index (Phi) is 7.49. The number of nitrogens with zero attached hydrogens (tertiary/aromatic N) is 2. The number of esters is 1. The van der Waals surface area contributed by atoms with Crippen molar-refractivity contribution in [1.29, 1.82) is 0 Å². The number of imide groups is 1. The highest BCUT2D eigenvalue weighted by molar-refractivity contribution is 6.23. The molecule has 7 nitrogen and oxygen atoms in total. The molecular formula is C26H29FN2O5. The van der Waals surface area contributed by atoms with Gasteiger partial charge in [-0.05, 0) is 54.3 Å². The molecule has 1 saturated heterocycles. The number of benzene rings is 2. The van der Waals surface area contributed by atoms with Crippen LogP contribution in [0.15, 0.2) is 48.5 Å². The Bertz CT molecular complexity index is 1070. The van der Waals surface area contributed by atoms with E-state index in [2.05, 4.69) is 0 Å². The monoisotopic (exact) mass is 468 g/mol. The number of hydrogen-bond donors (Lipinski definition) is 0. The first-order chi connectivity index (χ1) is 16.0. The summed E-state index contributed by atoms with van der Waals surface area (Å²) in [5.74, 6) is -2.11. The molecule has 0 radical (unpaired) electrons. The summed E-state index contributed by atoms with van der Waals surface area (Å²) in [6, 6.07) is 10.7. The van der Waals surface area contributed by atoms with Crippen LogP contribution in [0.25, 0.3) is 0 Å². The first-order valence-electron chi connectivity index (χ1n) is 11.2. The molecule has 1 atom stereocenters. The molecule has 1 heterocycles.